The summed E-state index contributed by atoms with van der Waals surface area (Å²) in [6.45, 7) is 2.42. The molecule has 7 heteroatoms. The highest BCUT2D eigenvalue weighted by atomic mass is 79.9. The molecule has 162 valence electrons. The fourth-order valence-electron chi connectivity index (χ4n) is 3.67. The van der Waals surface area contributed by atoms with Gasteiger partial charge in [0.2, 0.25) is 5.88 Å². The van der Waals surface area contributed by atoms with Gasteiger partial charge in [-0.2, -0.15) is 5.26 Å². The van der Waals surface area contributed by atoms with Crippen LogP contribution in [0.1, 0.15) is 28.2 Å². The predicted molar refractivity (Wildman–Crippen MR) is 124 cm³/mol. The minimum atomic E-state index is -0.485. The van der Waals surface area contributed by atoms with Crippen LogP contribution in [0.2, 0.25) is 0 Å². The number of benzene rings is 3. The van der Waals surface area contributed by atoms with Crippen molar-refractivity contribution < 1.29 is 19.3 Å². The number of aryl methyl sites for hydroxylation is 1. The Morgan fingerprint density at radius 3 is 2.59 bits per heavy atom. The standard InChI is InChI=1S/C25H21BrN2O4/c1-14-3-5-15(6-4-14)13-31-24-20(26)9-16(10-22(24)30-2)23-18-8-7-17(29)11-21(18)32-25(28)19(23)12-27/h3-11,23,29H,13,28H2,1-2H3/t23-/m1/s1. The highest BCUT2D eigenvalue weighted by molar-refractivity contribution is 9.10. The SMILES string of the molecule is COc1cc([C@H]2C(C#N)=C(N)Oc3cc(O)ccc32)cc(Br)c1OCc1ccc(C)cc1. The van der Waals surface area contributed by atoms with E-state index >= 15 is 0 Å². The van der Waals surface area contributed by atoms with Crippen LogP contribution in [0.3, 0.4) is 0 Å². The molecule has 0 radical (unpaired) electrons. The summed E-state index contributed by atoms with van der Waals surface area (Å²) < 4.78 is 17.9. The number of fused-ring (bicyclic) bond motifs is 1. The number of halogens is 1. The fraction of sp³-hybridized carbons (Fsp3) is 0.160. The van der Waals surface area contributed by atoms with Crippen LogP contribution in [-0.2, 0) is 6.61 Å². The second-order valence-corrected chi connectivity index (χ2v) is 8.31. The van der Waals surface area contributed by atoms with Crippen LogP contribution in [0.15, 0.2) is 70.5 Å². The molecule has 3 aromatic carbocycles. The van der Waals surface area contributed by atoms with Crippen molar-refractivity contribution in [1.29, 1.82) is 5.26 Å². The van der Waals surface area contributed by atoms with E-state index in [4.69, 9.17) is 19.9 Å². The minimum Gasteiger partial charge on any atom is -0.508 e. The van der Waals surface area contributed by atoms with E-state index in [1.165, 1.54) is 11.6 Å². The summed E-state index contributed by atoms with van der Waals surface area (Å²) in [5.74, 6) is 1.05. The summed E-state index contributed by atoms with van der Waals surface area (Å²) in [7, 11) is 1.57. The van der Waals surface area contributed by atoms with Gasteiger partial charge >= 0.3 is 0 Å². The van der Waals surface area contributed by atoms with Crippen molar-refractivity contribution in [1.82, 2.24) is 0 Å². The molecule has 1 atom stereocenters. The molecule has 0 bridgehead atoms. The molecule has 1 aliphatic rings. The number of hydrogen-bond acceptors (Lipinski definition) is 6. The van der Waals surface area contributed by atoms with E-state index in [2.05, 4.69) is 22.0 Å². The lowest BCUT2D eigenvalue weighted by Gasteiger charge is -2.27. The maximum atomic E-state index is 9.84. The van der Waals surface area contributed by atoms with Gasteiger partial charge in [-0.3, -0.25) is 0 Å². The molecular weight excluding hydrogens is 472 g/mol. The molecule has 0 amide bonds. The number of nitriles is 1. The zero-order valence-corrected chi connectivity index (χ0v) is 19.1. The zero-order valence-electron chi connectivity index (χ0n) is 17.6. The van der Waals surface area contributed by atoms with Crippen molar-refractivity contribution in [2.24, 2.45) is 5.73 Å². The Bertz CT molecular complexity index is 1250. The monoisotopic (exact) mass is 492 g/mol. The normalized spacial score (nSPS) is 14.9. The third-order valence-corrected chi connectivity index (χ3v) is 5.88. The van der Waals surface area contributed by atoms with Gasteiger partial charge in [0.25, 0.3) is 0 Å². The molecule has 0 spiro atoms. The quantitative estimate of drug-likeness (QED) is 0.503. The van der Waals surface area contributed by atoms with Gasteiger partial charge in [0.1, 0.15) is 29.7 Å². The van der Waals surface area contributed by atoms with E-state index in [0.717, 1.165) is 16.7 Å². The number of nitrogens with zero attached hydrogens (tertiary/aromatic N) is 1. The number of aromatic hydroxyl groups is 1. The third-order valence-electron chi connectivity index (χ3n) is 5.29. The van der Waals surface area contributed by atoms with E-state index in [9.17, 15) is 10.4 Å². The van der Waals surface area contributed by atoms with Crippen LogP contribution in [0.5, 0.6) is 23.0 Å². The summed E-state index contributed by atoms with van der Waals surface area (Å²) in [6.07, 6.45) is 0. The van der Waals surface area contributed by atoms with Crippen LogP contribution in [0.4, 0.5) is 0 Å². The summed E-state index contributed by atoms with van der Waals surface area (Å²) in [5.41, 5.74) is 10.0. The third kappa shape index (κ3) is 4.10. The van der Waals surface area contributed by atoms with Crippen LogP contribution < -0.4 is 19.9 Å². The van der Waals surface area contributed by atoms with Gasteiger partial charge in [0.15, 0.2) is 11.5 Å². The molecule has 0 saturated carbocycles. The van der Waals surface area contributed by atoms with Crippen LogP contribution >= 0.6 is 15.9 Å². The van der Waals surface area contributed by atoms with Gasteiger partial charge in [-0.15, -0.1) is 0 Å². The second kappa shape index (κ2) is 8.85. The number of phenolic OH excluding ortho intramolecular Hbond substituents is 1. The van der Waals surface area contributed by atoms with E-state index in [1.807, 2.05) is 43.3 Å². The van der Waals surface area contributed by atoms with E-state index < -0.39 is 5.92 Å². The molecule has 4 rings (SSSR count). The zero-order chi connectivity index (χ0) is 22.8. The Kier molecular flexibility index (Phi) is 5.97. The van der Waals surface area contributed by atoms with Crippen LogP contribution in [-0.4, -0.2) is 12.2 Å². The molecule has 0 aromatic heterocycles. The molecular formula is C25H21BrN2O4. The molecule has 3 aromatic rings. The number of nitrogens with two attached hydrogens (primary N) is 1. The Morgan fingerprint density at radius 1 is 1.16 bits per heavy atom. The number of phenols is 1. The van der Waals surface area contributed by atoms with Gasteiger partial charge < -0.3 is 25.1 Å². The Hall–Kier alpha value is -3.63. The van der Waals surface area contributed by atoms with Gasteiger partial charge in [-0.25, -0.2) is 0 Å². The number of ether oxygens (including phenoxy) is 3. The average molecular weight is 493 g/mol. The number of hydrogen-bond donors (Lipinski definition) is 2. The van der Waals surface area contributed by atoms with E-state index in [1.54, 1.807) is 19.2 Å². The average Bonchev–Trinajstić information content (AvgIpc) is 2.77. The van der Waals surface area contributed by atoms with Crippen LogP contribution in [0.25, 0.3) is 0 Å². The maximum absolute atomic E-state index is 9.84. The molecule has 0 saturated heterocycles. The lowest BCUT2D eigenvalue weighted by Crippen LogP contribution is -2.21. The second-order valence-electron chi connectivity index (χ2n) is 7.46. The number of rotatable bonds is 5. The first-order valence-corrected chi connectivity index (χ1v) is 10.7. The fourth-order valence-corrected chi connectivity index (χ4v) is 4.25. The molecule has 32 heavy (non-hydrogen) atoms. The molecule has 0 aliphatic carbocycles. The van der Waals surface area contributed by atoms with Crippen molar-refractivity contribution in [3.63, 3.8) is 0 Å². The van der Waals surface area contributed by atoms with Gasteiger partial charge in [0, 0.05) is 11.6 Å². The van der Waals surface area contributed by atoms with E-state index in [0.29, 0.717) is 28.3 Å². The topological polar surface area (TPSA) is 97.7 Å². The van der Waals surface area contributed by atoms with Crippen molar-refractivity contribution >= 4 is 15.9 Å². The van der Waals surface area contributed by atoms with Crippen molar-refractivity contribution in [2.75, 3.05) is 7.11 Å². The Morgan fingerprint density at radius 2 is 1.91 bits per heavy atom. The first-order valence-electron chi connectivity index (χ1n) is 9.87. The highest BCUT2D eigenvalue weighted by Gasteiger charge is 2.32. The Labute approximate surface area is 194 Å². The molecule has 1 aliphatic heterocycles. The highest BCUT2D eigenvalue weighted by Crippen LogP contribution is 2.47. The molecule has 0 fully saturated rings. The minimum absolute atomic E-state index is 0.00499. The largest absolute Gasteiger partial charge is 0.508 e. The summed E-state index contributed by atoms with van der Waals surface area (Å²) in [5, 5.41) is 19.6. The molecule has 1 heterocycles. The van der Waals surface area contributed by atoms with Gasteiger partial charge in [0.05, 0.1) is 17.5 Å². The van der Waals surface area contributed by atoms with E-state index in [-0.39, 0.29) is 17.2 Å². The van der Waals surface area contributed by atoms with Crippen molar-refractivity contribution in [3.05, 3.63) is 92.8 Å². The van der Waals surface area contributed by atoms with Crippen molar-refractivity contribution in [3.8, 4) is 29.1 Å². The first-order chi connectivity index (χ1) is 15.4. The van der Waals surface area contributed by atoms with Crippen molar-refractivity contribution in [2.45, 2.75) is 19.4 Å². The first kappa shape index (κ1) is 21.6. The predicted octanol–water partition coefficient (Wildman–Crippen LogP) is 5.27. The van der Waals surface area contributed by atoms with Gasteiger partial charge in [-0.1, -0.05) is 35.9 Å². The molecule has 6 nitrogen and oxygen atoms in total. The van der Waals surface area contributed by atoms with Gasteiger partial charge in [-0.05, 0) is 52.2 Å². The Balaban J connectivity index is 1.74. The smallest absolute Gasteiger partial charge is 0.205 e. The lowest BCUT2D eigenvalue weighted by atomic mass is 9.83. The number of allylic oxidation sites excluding steroid dienone is 1. The van der Waals surface area contributed by atoms with Crippen LogP contribution in [0, 0.1) is 18.3 Å². The number of methoxy groups -OCH3 is 1. The molecule has 0 unspecified atom stereocenters. The summed E-state index contributed by atoms with van der Waals surface area (Å²) in [6, 6.07) is 18.7. The maximum Gasteiger partial charge on any atom is 0.205 e. The molecule has 3 N–H and O–H groups in total. The summed E-state index contributed by atoms with van der Waals surface area (Å²) in [4.78, 5) is 0. The lowest BCUT2D eigenvalue weighted by molar-refractivity contribution is 0.282. The summed E-state index contributed by atoms with van der Waals surface area (Å²) >= 11 is 3.59.